The second kappa shape index (κ2) is 8.73. The van der Waals surface area contributed by atoms with E-state index in [1.54, 1.807) is 6.26 Å². The van der Waals surface area contributed by atoms with E-state index in [0.717, 1.165) is 31.0 Å². The molecule has 3 N–H and O–H groups in total. The van der Waals surface area contributed by atoms with Crippen LogP contribution in [0, 0.1) is 0 Å². The van der Waals surface area contributed by atoms with Crippen molar-refractivity contribution < 1.29 is 18.9 Å². The number of nitrogens with one attached hydrogen (secondary N) is 3. The summed E-state index contributed by atoms with van der Waals surface area (Å²) >= 11 is 0. The Kier molecular flexibility index (Phi) is 6.13. The number of hydrogen-bond acceptors (Lipinski definition) is 4. The van der Waals surface area contributed by atoms with Crippen molar-refractivity contribution in [1.82, 2.24) is 10.6 Å². The first-order valence-electron chi connectivity index (χ1n) is 9.29. The van der Waals surface area contributed by atoms with Gasteiger partial charge in [-0.15, -0.1) is 0 Å². The van der Waals surface area contributed by atoms with Gasteiger partial charge in [-0.3, -0.25) is 9.59 Å². The molecule has 0 unspecified atom stereocenters. The van der Waals surface area contributed by atoms with Gasteiger partial charge in [-0.05, 0) is 30.2 Å². The molecule has 1 atom stereocenters. The van der Waals surface area contributed by atoms with E-state index in [4.69, 9.17) is 4.42 Å². The topological polar surface area (TPSA) is 79.0 Å². The first-order chi connectivity index (χ1) is 13.1. The lowest BCUT2D eigenvalue weighted by Gasteiger charge is -2.29. The quantitative estimate of drug-likeness (QED) is 0.587. The van der Waals surface area contributed by atoms with Crippen LogP contribution in [0.5, 0.6) is 0 Å². The minimum absolute atomic E-state index is 0.161. The molecule has 1 aliphatic rings. The van der Waals surface area contributed by atoms with E-state index in [-0.39, 0.29) is 6.04 Å². The van der Waals surface area contributed by atoms with Crippen LogP contribution in [0.4, 0.5) is 5.69 Å². The number of nitrogens with zero attached hydrogens (tertiary/aromatic N) is 1. The average molecular weight is 371 g/mol. The SMILES string of the molecule is C[NH+](C)CCNC(=O)C(=O)NC[C@@H](c1ccco1)N1CCc2ccccc21. The highest BCUT2D eigenvalue weighted by Crippen LogP contribution is 2.34. The van der Waals surface area contributed by atoms with Gasteiger partial charge in [-0.2, -0.15) is 0 Å². The molecule has 7 heteroatoms. The molecule has 2 heterocycles. The number of amides is 2. The fraction of sp³-hybridized carbons (Fsp3) is 0.400. The molecule has 2 aromatic rings. The number of para-hydroxylation sites is 1. The number of furan rings is 1. The third-order valence-corrected chi connectivity index (χ3v) is 4.74. The van der Waals surface area contributed by atoms with Crippen molar-refractivity contribution >= 4 is 17.5 Å². The van der Waals surface area contributed by atoms with Gasteiger partial charge in [0, 0.05) is 18.8 Å². The molecule has 2 amide bonds. The van der Waals surface area contributed by atoms with Crippen LogP contribution in [-0.4, -0.2) is 52.1 Å². The molecule has 0 aliphatic carbocycles. The molecule has 0 radical (unpaired) electrons. The summed E-state index contributed by atoms with van der Waals surface area (Å²) in [7, 11) is 3.99. The Morgan fingerprint density at radius 1 is 1.15 bits per heavy atom. The number of benzene rings is 1. The van der Waals surface area contributed by atoms with E-state index in [0.29, 0.717) is 13.1 Å². The van der Waals surface area contributed by atoms with Gasteiger partial charge in [0.15, 0.2) is 0 Å². The van der Waals surface area contributed by atoms with Gasteiger partial charge in [0.25, 0.3) is 0 Å². The normalized spacial score (nSPS) is 14.1. The van der Waals surface area contributed by atoms with Crippen molar-refractivity contribution in [2.24, 2.45) is 0 Å². The number of hydrogen-bond donors (Lipinski definition) is 3. The van der Waals surface area contributed by atoms with Crippen LogP contribution in [0.15, 0.2) is 47.1 Å². The molecule has 0 spiro atoms. The van der Waals surface area contributed by atoms with Crippen molar-refractivity contribution in [3.05, 3.63) is 54.0 Å². The third kappa shape index (κ3) is 4.68. The maximum atomic E-state index is 12.2. The number of rotatable bonds is 7. The molecule has 144 valence electrons. The highest BCUT2D eigenvalue weighted by Gasteiger charge is 2.29. The molecule has 3 rings (SSSR count). The van der Waals surface area contributed by atoms with Crippen LogP contribution in [0.1, 0.15) is 17.4 Å². The summed E-state index contributed by atoms with van der Waals surface area (Å²) < 4.78 is 5.61. The van der Waals surface area contributed by atoms with Crippen LogP contribution in [0.3, 0.4) is 0 Å². The average Bonchev–Trinajstić information content (AvgIpc) is 3.32. The lowest BCUT2D eigenvalue weighted by molar-refractivity contribution is -0.856. The standard InChI is InChI=1S/C20H26N4O3/c1-23(2)12-10-21-19(25)20(26)22-14-17(18-8-5-13-27-18)24-11-9-15-6-3-4-7-16(15)24/h3-8,13,17H,9-12,14H2,1-2H3,(H,21,25)(H,22,26)/p+1/t17-/m0/s1. The third-order valence-electron chi connectivity index (χ3n) is 4.74. The summed E-state index contributed by atoms with van der Waals surface area (Å²) in [5, 5.41) is 5.41. The molecule has 0 bridgehead atoms. The molecule has 0 saturated carbocycles. The van der Waals surface area contributed by atoms with Gasteiger partial charge in [-0.25, -0.2) is 0 Å². The maximum absolute atomic E-state index is 12.2. The molecule has 0 fully saturated rings. The van der Waals surface area contributed by atoms with E-state index in [2.05, 4.69) is 27.7 Å². The smallest absolute Gasteiger partial charge is 0.309 e. The van der Waals surface area contributed by atoms with E-state index in [9.17, 15) is 9.59 Å². The summed E-state index contributed by atoms with van der Waals surface area (Å²) in [6.07, 6.45) is 2.58. The second-order valence-corrected chi connectivity index (χ2v) is 7.03. The number of carbonyl (C=O) groups excluding carboxylic acids is 2. The lowest BCUT2D eigenvalue weighted by Crippen LogP contribution is -3.06. The molecule has 1 aromatic heterocycles. The Labute approximate surface area is 159 Å². The largest absolute Gasteiger partial charge is 0.467 e. The first-order valence-corrected chi connectivity index (χ1v) is 9.29. The van der Waals surface area contributed by atoms with E-state index < -0.39 is 11.8 Å². The Morgan fingerprint density at radius 3 is 2.67 bits per heavy atom. The van der Waals surface area contributed by atoms with Crippen molar-refractivity contribution in [1.29, 1.82) is 0 Å². The second-order valence-electron chi connectivity index (χ2n) is 7.03. The zero-order valence-electron chi connectivity index (χ0n) is 15.8. The summed E-state index contributed by atoms with van der Waals surface area (Å²) in [4.78, 5) is 27.6. The lowest BCUT2D eigenvalue weighted by atomic mass is 10.1. The van der Waals surface area contributed by atoms with Crippen LogP contribution in [-0.2, 0) is 16.0 Å². The van der Waals surface area contributed by atoms with Crippen molar-refractivity contribution in [2.45, 2.75) is 12.5 Å². The minimum Gasteiger partial charge on any atom is -0.467 e. The monoisotopic (exact) mass is 371 g/mol. The van der Waals surface area contributed by atoms with Crippen LogP contribution in [0.2, 0.25) is 0 Å². The number of anilines is 1. The Bertz CT molecular complexity index is 773. The fourth-order valence-corrected chi connectivity index (χ4v) is 3.31. The number of quaternary nitrogens is 1. The van der Waals surface area contributed by atoms with Gasteiger partial charge in [0.2, 0.25) is 0 Å². The highest BCUT2D eigenvalue weighted by atomic mass is 16.3. The van der Waals surface area contributed by atoms with Crippen LogP contribution >= 0.6 is 0 Å². The van der Waals surface area contributed by atoms with Gasteiger partial charge in [-0.1, -0.05) is 18.2 Å². The Morgan fingerprint density at radius 2 is 1.93 bits per heavy atom. The molecular weight excluding hydrogens is 344 g/mol. The first kappa shape index (κ1) is 19.0. The molecule has 1 aliphatic heterocycles. The maximum Gasteiger partial charge on any atom is 0.309 e. The van der Waals surface area contributed by atoms with Gasteiger partial charge in [0.1, 0.15) is 11.8 Å². The van der Waals surface area contributed by atoms with Gasteiger partial charge >= 0.3 is 11.8 Å². The number of carbonyl (C=O) groups is 2. The summed E-state index contributed by atoms with van der Waals surface area (Å²) in [5.74, 6) is -0.451. The summed E-state index contributed by atoms with van der Waals surface area (Å²) in [6.45, 7) is 2.37. The van der Waals surface area contributed by atoms with Gasteiger partial charge < -0.3 is 24.9 Å². The number of fused-ring (bicyclic) bond motifs is 1. The van der Waals surface area contributed by atoms with E-state index >= 15 is 0 Å². The Hall–Kier alpha value is -2.80. The predicted molar refractivity (Wildman–Crippen MR) is 103 cm³/mol. The summed E-state index contributed by atoms with van der Waals surface area (Å²) in [5.41, 5.74) is 2.43. The minimum atomic E-state index is -0.618. The van der Waals surface area contributed by atoms with E-state index in [1.165, 1.54) is 10.5 Å². The van der Waals surface area contributed by atoms with Crippen LogP contribution in [0.25, 0.3) is 0 Å². The van der Waals surface area contributed by atoms with Crippen LogP contribution < -0.4 is 20.4 Å². The number of likely N-dealkylation sites (N-methyl/N-ethyl adjacent to an activating group) is 1. The Balaban J connectivity index is 1.64. The van der Waals surface area contributed by atoms with Gasteiger partial charge in [0.05, 0.1) is 33.4 Å². The van der Waals surface area contributed by atoms with E-state index in [1.807, 2.05) is 38.4 Å². The summed E-state index contributed by atoms with van der Waals surface area (Å²) in [6, 6.07) is 11.8. The highest BCUT2D eigenvalue weighted by molar-refractivity contribution is 6.35. The molecule has 27 heavy (non-hydrogen) atoms. The molecular formula is C20H27N4O3+. The van der Waals surface area contributed by atoms with Crippen molar-refractivity contribution in [3.63, 3.8) is 0 Å². The zero-order chi connectivity index (χ0) is 19.2. The van der Waals surface area contributed by atoms with Crippen molar-refractivity contribution in [3.8, 4) is 0 Å². The van der Waals surface area contributed by atoms with Crippen molar-refractivity contribution in [2.75, 3.05) is 45.2 Å². The molecule has 7 nitrogen and oxygen atoms in total. The predicted octanol–water partition coefficient (Wildman–Crippen LogP) is -0.240. The fourth-order valence-electron chi connectivity index (χ4n) is 3.31. The zero-order valence-corrected chi connectivity index (χ0v) is 15.8. The molecule has 1 aromatic carbocycles. The molecule has 0 saturated heterocycles.